The predicted octanol–water partition coefficient (Wildman–Crippen LogP) is 3.65. The molecule has 0 aliphatic heterocycles. The number of non-ortho nitro benzene ring substituents is 1. The summed E-state index contributed by atoms with van der Waals surface area (Å²) in [7, 11) is 0. The third-order valence-electron chi connectivity index (χ3n) is 3.54. The highest BCUT2D eigenvalue weighted by Crippen LogP contribution is 2.26. The van der Waals surface area contributed by atoms with Crippen molar-refractivity contribution in [3.63, 3.8) is 0 Å². The number of carbonyl (C=O) groups excluding carboxylic acids is 1. The van der Waals surface area contributed by atoms with Crippen molar-refractivity contribution < 1.29 is 9.72 Å². The topological polar surface area (TPSA) is 90.1 Å². The Kier molecular flexibility index (Phi) is 4.90. The van der Waals surface area contributed by atoms with Crippen LogP contribution < -0.4 is 5.32 Å². The molecule has 1 N–H and O–H groups in total. The first kappa shape index (κ1) is 16.8. The number of nitrogens with one attached hydrogen (secondary N) is 1. The van der Waals surface area contributed by atoms with Crippen molar-refractivity contribution in [1.29, 1.82) is 0 Å². The lowest BCUT2D eigenvalue weighted by Gasteiger charge is -2.07. The van der Waals surface area contributed by atoms with E-state index in [1.54, 1.807) is 18.2 Å². The first-order chi connectivity index (χ1) is 12.1. The van der Waals surface area contributed by atoms with E-state index in [2.05, 4.69) is 10.4 Å². The molecule has 0 aliphatic rings. The van der Waals surface area contributed by atoms with Crippen LogP contribution in [-0.4, -0.2) is 27.2 Å². The van der Waals surface area contributed by atoms with Crippen molar-refractivity contribution in [2.75, 3.05) is 6.54 Å². The van der Waals surface area contributed by atoms with Crippen LogP contribution >= 0.6 is 11.3 Å². The number of benzene rings is 1. The number of nitrogens with zero attached hydrogens (tertiary/aromatic N) is 3. The van der Waals surface area contributed by atoms with Gasteiger partial charge >= 0.3 is 0 Å². The summed E-state index contributed by atoms with van der Waals surface area (Å²) in [6.45, 7) is 2.52. The molecule has 0 bridgehead atoms. The largest absolute Gasteiger partial charge is 0.351 e. The number of nitro groups is 1. The van der Waals surface area contributed by atoms with E-state index in [9.17, 15) is 14.9 Å². The first-order valence-corrected chi connectivity index (χ1v) is 8.65. The Labute approximate surface area is 148 Å². The average molecular weight is 356 g/mol. The van der Waals surface area contributed by atoms with Gasteiger partial charge in [-0.15, -0.1) is 11.3 Å². The number of aromatic nitrogens is 2. The summed E-state index contributed by atoms with van der Waals surface area (Å²) in [5.74, 6) is -0.260. The van der Waals surface area contributed by atoms with E-state index in [4.69, 9.17) is 0 Å². The van der Waals surface area contributed by atoms with Gasteiger partial charge in [0, 0.05) is 18.7 Å². The fraction of sp³-hybridized carbons (Fsp3) is 0.176. The van der Waals surface area contributed by atoms with Crippen LogP contribution in [0, 0.1) is 10.1 Å². The molecule has 3 aromatic rings. The standard InChI is InChI=1S/C17H16N4O3S/c1-2-8-18-17(22)15-11-14(16-7-4-9-25-16)19-20(15)12-5-3-6-13(10-12)21(23)24/h3-7,9-11H,2,8H2,1H3,(H,18,22). The summed E-state index contributed by atoms with van der Waals surface area (Å²) >= 11 is 1.52. The van der Waals surface area contributed by atoms with Crippen molar-refractivity contribution >= 4 is 22.9 Å². The Morgan fingerprint density at radius 2 is 2.16 bits per heavy atom. The molecule has 0 atom stereocenters. The Morgan fingerprint density at radius 3 is 2.84 bits per heavy atom. The Morgan fingerprint density at radius 1 is 1.32 bits per heavy atom. The van der Waals surface area contributed by atoms with Gasteiger partial charge in [0.25, 0.3) is 11.6 Å². The van der Waals surface area contributed by atoms with Crippen LogP contribution in [0.4, 0.5) is 5.69 Å². The Bertz CT molecular complexity index is 903. The molecule has 2 aromatic heterocycles. The van der Waals surface area contributed by atoms with Gasteiger partial charge in [-0.2, -0.15) is 5.10 Å². The molecule has 2 heterocycles. The van der Waals surface area contributed by atoms with Gasteiger partial charge in [0.2, 0.25) is 0 Å². The number of amides is 1. The summed E-state index contributed by atoms with van der Waals surface area (Å²) in [4.78, 5) is 24.0. The number of nitro benzene ring substituents is 1. The average Bonchev–Trinajstić information content (AvgIpc) is 3.29. The number of rotatable bonds is 6. The second kappa shape index (κ2) is 7.27. The minimum Gasteiger partial charge on any atom is -0.351 e. The molecule has 0 unspecified atom stereocenters. The van der Waals surface area contributed by atoms with Gasteiger partial charge < -0.3 is 5.32 Å². The summed E-state index contributed by atoms with van der Waals surface area (Å²) < 4.78 is 1.45. The molecule has 0 spiro atoms. The van der Waals surface area contributed by atoms with Crippen molar-refractivity contribution in [1.82, 2.24) is 15.1 Å². The highest BCUT2D eigenvalue weighted by molar-refractivity contribution is 7.13. The summed E-state index contributed by atoms with van der Waals surface area (Å²) in [6, 6.07) is 11.6. The molecule has 7 nitrogen and oxygen atoms in total. The molecule has 1 aromatic carbocycles. The van der Waals surface area contributed by atoms with E-state index in [1.807, 2.05) is 24.4 Å². The lowest BCUT2D eigenvalue weighted by molar-refractivity contribution is -0.384. The van der Waals surface area contributed by atoms with Crippen molar-refractivity contribution in [2.45, 2.75) is 13.3 Å². The van der Waals surface area contributed by atoms with E-state index in [1.165, 1.54) is 28.2 Å². The quantitative estimate of drug-likeness (QED) is 0.539. The zero-order valence-electron chi connectivity index (χ0n) is 13.5. The number of hydrogen-bond donors (Lipinski definition) is 1. The van der Waals surface area contributed by atoms with Crippen LogP contribution in [0.15, 0.2) is 47.8 Å². The van der Waals surface area contributed by atoms with E-state index in [0.29, 0.717) is 23.6 Å². The second-order valence-corrected chi connectivity index (χ2v) is 6.28. The third kappa shape index (κ3) is 3.58. The number of thiophene rings is 1. The molecule has 3 rings (SSSR count). The van der Waals surface area contributed by atoms with Crippen LogP contribution in [0.3, 0.4) is 0 Å². The molecule has 0 radical (unpaired) electrons. The van der Waals surface area contributed by atoms with Crippen molar-refractivity contribution in [3.05, 3.63) is 63.7 Å². The van der Waals surface area contributed by atoms with Gasteiger partial charge in [0.1, 0.15) is 11.4 Å². The fourth-order valence-corrected chi connectivity index (χ4v) is 3.03. The van der Waals surface area contributed by atoms with E-state index < -0.39 is 4.92 Å². The van der Waals surface area contributed by atoms with Crippen molar-refractivity contribution in [2.24, 2.45) is 0 Å². The van der Waals surface area contributed by atoms with Gasteiger partial charge in [0.15, 0.2) is 0 Å². The molecule has 8 heteroatoms. The predicted molar refractivity (Wildman–Crippen MR) is 96.2 cm³/mol. The van der Waals surface area contributed by atoms with E-state index in [0.717, 1.165) is 11.3 Å². The van der Waals surface area contributed by atoms with Crippen molar-refractivity contribution in [3.8, 4) is 16.3 Å². The molecular weight excluding hydrogens is 340 g/mol. The number of hydrogen-bond acceptors (Lipinski definition) is 5. The third-order valence-corrected chi connectivity index (χ3v) is 4.43. The lowest BCUT2D eigenvalue weighted by Crippen LogP contribution is -2.26. The Hall–Kier alpha value is -3.00. The van der Waals surface area contributed by atoms with Gasteiger partial charge in [-0.25, -0.2) is 4.68 Å². The highest BCUT2D eigenvalue weighted by atomic mass is 32.1. The van der Waals surface area contributed by atoms with Gasteiger partial charge in [-0.1, -0.05) is 19.1 Å². The van der Waals surface area contributed by atoms with Gasteiger partial charge in [-0.05, 0) is 30.0 Å². The maximum atomic E-state index is 12.5. The normalized spacial score (nSPS) is 10.6. The molecule has 0 aliphatic carbocycles. The van der Waals surface area contributed by atoms with Crippen LogP contribution in [0.1, 0.15) is 23.8 Å². The molecule has 0 fully saturated rings. The fourth-order valence-electron chi connectivity index (χ4n) is 2.35. The van der Waals surface area contributed by atoms with Crippen LogP contribution in [0.5, 0.6) is 0 Å². The van der Waals surface area contributed by atoms with Gasteiger partial charge in [-0.3, -0.25) is 14.9 Å². The molecule has 0 saturated carbocycles. The molecule has 128 valence electrons. The first-order valence-electron chi connectivity index (χ1n) is 7.77. The van der Waals surface area contributed by atoms with E-state index >= 15 is 0 Å². The van der Waals surface area contributed by atoms with E-state index in [-0.39, 0.29) is 11.6 Å². The molecule has 0 saturated heterocycles. The maximum absolute atomic E-state index is 12.5. The van der Waals surface area contributed by atoms with Gasteiger partial charge in [0.05, 0.1) is 15.5 Å². The lowest BCUT2D eigenvalue weighted by atomic mass is 10.2. The minimum absolute atomic E-state index is 0.0504. The minimum atomic E-state index is -0.468. The SMILES string of the molecule is CCCNC(=O)c1cc(-c2cccs2)nn1-c1cccc([N+](=O)[O-])c1. The monoisotopic (exact) mass is 356 g/mol. The number of carbonyl (C=O) groups is 1. The van der Waals surface area contributed by atoms with Crippen LogP contribution in [0.2, 0.25) is 0 Å². The highest BCUT2D eigenvalue weighted by Gasteiger charge is 2.19. The Balaban J connectivity index is 2.08. The molecular formula is C17H16N4O3S. The maximum Gasteiger partial charge on any atom is 0.271 e. The van der Waals surface area contributed by atoms with Crippen LogP contribution in [0.25, 0.3) is 16.3 Å². The molecule has 1 amide bonds. The summed E-state index contributed by atoms with van der Waals surface area (Å²) in [6.07, 6.45) is 0.814. The summed E-state index contributed by atoms with van der Waals surface area (Å²) in [5.41, 5.74) is 1.42. The molecule has 25 heavy (non-hydrogen) atoms. The van der Waals surface area contributed by atoms with Crippen LogP contribution in [-0.2, 0) is 0 Å². The smallest absolute Gasteiger partial charge is 0.271 e. The zero-order valence-corrected chi connectivity index (χ0v) is 14.3. The second-order valence-electron chi connectivity index (χ2n) is 5.34. The zero-order chi connectivity index (χ0) is 17.8. The summed E-state index contributed by atoms with van der Waals surface area (Å²) in [5, 5.41) is 20.3.